The Morgan fingerprint density at radius 3 is 2.67 bits per heavy atom. The molecule has 2 unspecified atom stereocenters. The molecular weight excluding hydrogens is 284 g/mol. The van der Waals surface area contributed by atoms with E-state index in [2.05, 4.69) is 11.6 Å². The van der Waals surface area contributed by atoms with E-state index in [0.717, 1.165) is 19.3 Å². The SMILES string of the molecule is Cc1ccc(C#N)cc1S(=O)(=O)NC1CCCCCC1C. The molecule has 0 bridgehead atoms. The van der Waals surface area contributed by atoms with Crippen molar-refractivity contribution in [1.29, 1.82) is 5.26 Å². The Kier molecular flexibility index (Phi) is 5.02. The third-order valence-corrected chi connectivity index (χ3v) is 5.91. The van der Waals surface area contributed by atoms with Gasteiger partial charge in [-0.15, -0.1) is 0 Å². The first-order chi connectivity index (χ1) is 9.94. The molecule has 1 aliphatic carbocycles. The molecule has 0 spiro atoms. The van der Waals surface area contributed by atoms with Crippen LogP contribution < -0.4 is 4.72 Å². The molecule has 0 radical (unpaired) electrons. The van der Waals surface area contributed by atoms with Crippen LogP contribution in [0.3, 0.4) is 0 Å². The Labute approximate surface area is 127 Å². The van der Waals surface area contributed by atoms with Gasteiger partial charge in [0.1, 0.15) is 0 Å². The van der Waals surface area contributed by atoms with Crippen molar-refractivity contribution < 1.29 is 8.42 Å². The van der Waals surface area contributed by atoms with Crippen LogP contribution >= 0.6 is 0 Å². The van der Waals surface area contributed by atoms with Crippen LogP contribution in [-0.2, 0) is 10.0 Å². The second-order valence-electron chi connectivity index (χ2n) is 5.94. The molecular formula is C16H22N2O2S. The van der Waals surface area contributed by atoms with Crippen molar-refractivity contribution in [3.63, 3.8) is 0 Å². The molecule has 0 amide bonds. The van der Waals surface area contributed by atoms with Crippen molar-refractivity contribution >= 4 is 10.0 Å². The molecule has 2 atom stereocenters. The summed E-state index contributed by atoms with van der Waals surface area (Å²) in [5, 5.41) is 8.95. The molecule has 1 aliphatic rings. The molecule has 21 heavy (non-hydrogen) atoms. The highest BCUT2D eigenvalue weighted by molar-refractivity contribution is 7.89. The largest absolute Gasteiger partial charge is 0.241 e. The smallest absolute Gasteiger partial charge is 0.208 e. The van der Waals surface area contributed by atoms with E-state index in [-0.39, 0.29) is 10.9 Å². The molecule has 2 rings (SSSR count). The number of hydrogen-bond acceptors (Lipinski definition) is 3. The zero-order valence-electron chi connectivity index (χ0n) is 12.6. The molecule has 1 saturated carbocycles. The van der Waals surface area contributed by atoms with Gasteiger partial charge in [0.25, 0.3) is 0 Å². The number of sulfonamides is 1. The van der Waals surface area contributed by atoms with Gasteiger partial charge >= 0.3 is 0 Å². The molecule has 1 fully saturated rings. The number of aryl methyl sites for hydroxylation is 1. The van der Waals surface area contributed by atoms with Crippen LogP contribution in [0.5, 0.6) is 0 Å². The van der Waals surface area contributed by atoms with Gasteiger partial charge in [-0.3, -0.25) is 0 Å². The van der Waals surface area contributed by atoms with E-state index in [9.17, 15) is 8.42 Å². The van der Waals surface area contributed by atoms with Gasteiger partial charge in [0, 0.05) is 6.04 Å². The van der Waals surface area contributed by atoms with Crippen molar-refractivity contribution in [2.75, 3.05) is 0 Å². The van der Waals surface area contributed by atoms with Crippen LogP contribution in [-0.4, -0.2) is 14.5 Å². The summed E-state index contributed by atoms with van der Waals surface area (Å²) in [6.45, 7) is 3.86. The minimum absolute atomic E-state index is 0.0114. The maximum atomic E-state index is 12.6. The number of nitrogens with zero attached hydrogens (tertiary/aromatic N) is 1. The average Bonchev–Trinajstić information content (AvgIpc) is 2.64. The van der Waals surface area contributed by atoms with Gasteiger partial charge in [0.15, 0.2) is 0 Å². The predicted octanol–water partition coefficient (Wildman–Crippen LogP) is 3.11. The van der Waals surface area contributed by atoms with Gasteiger partial charge in [-0.1, -0.05) is 32.3 Å². The summed E-state index contributed by atoms with van der Waals surface area (Å²) >= 11 is 0. The number of benzene rings is 1. The van der Waals surface area contributed by atoms with Crippen molar-refractivity contribution in [3.8, 4) is 6.07 Å². The van der Waals surface area contributed by atoms with E-state index >= 15 is 0 Å². The van der Waals surface area contributed by atoms with E-state index in [4.69, 9.17) is 5.26 Å². The van der Waals surface area contributed by atoms with E-state index in [1.165, 1.54) is 18.9 Å². The topological polar surface area (TPSA) is 70.0 Å². The molecule has 0 aliphatic heterocycles. The van der Waals surface area contributed by atoms with Crippen LogP contribution in [0.1, 0.15) is 50.2 Å². The Morgan fingerprint density at radius 2 is 1.95 bits per heavy atom. The monoisotopic (exact) mass is 306 g/mol. The highest BCUT2D eigenvalue weighted by atomic mass is 32.2. The number of hydrogen-bond donors (Lipinski definition) is 1. The summed E-state index contributed by atoms with van der Waals surface area (Å²) in [5.74, 6) is 0.349. The Bertz CT molecular complexity index is 647. The first-order valence-corrected chi connectivity index (χ1v) is 8.95. The summed E-state index contributed by atoms with van der Waals surface area (Å²) in [6.07, 6.45) is 5.35. The maximum Gasteiger partial charge on any atom is 0.241 e. The fraction of sp³-hybridized carbons (Fsp3) is 0.562. The molecule has 0 saturated heterocycles. The quantitative estimate of drug-likeness (QED) is 0.872. The lowest BCUT2D eigenvalue weighted by Crippen LogP contribution is -2.39. The molecule has 4 nitrogen and oxygen atoms in total. The lowest BCUT2D eigenvalue weighted by atomic mass is 9.98. The van der Waals surface area contributed by atoms with Crippen molar-refractivity contribution in [2.24, 2.45) is 5.92 Å². The maximum absolute atomic E-state index is 12.6. The van der Waals surface area contributed by atoms with Crippen LogP contribution in [0.25, 0.3) is 0 Å². The first-order valence-electron chi connectivity index (χ1n) is 7.47. The molecule has 0 heterocycles. The van der Waals surface area contributed by atoms with Crippen LogP contribution in [0.2, 0.25) is 0 Å². The highest BCUT2D eigenvalue weighted by Crippen LogP contribution is 2.25. The van der Waals surface area contributed by atoms with E-state index in [1.54, 1.807) is 19.1 Å². The number of nitriles is 1. The summed E-state index contributed by atoms with van der Waals surface area (Å²) in [7, 11) is -3.57. The lowest BCUT2D eigenvalue weighted by Gasteiger charge is -2.23. The second kappa shape index (κ2) is 6.59. The van der Waals surface area contributed by atoms with E-state index in [0.29, 0.717) is 17.0 Å². The van der Waals surface area contributed by atoms with Crippen molar-refractivity contribution in [2.45, 2.75) is 56.9 Å². The molecule has 0 aromatic heterocycles. The van der Waals surface area contributed by atoms with Crippen LogP contribution in [0, 0.1) is 24.2 Å². The second-order valence-corrected chi connectivity index (χ2v) is 7.62. The average molecular weight is 306 g/mol. The minimum atomic E-state index is -3.57. The van der Waals surface area contributed by atoms with Gasteiger partial charge in [-0.05, 0) is 43.4 Å². The van der Waals surface area contributed by atoms with Crippen LogP contribution in [0.4, 0.5) is 0 Å². The number of nitrogens with one attached hydrogen (secondary N) is 1. The van der Waals surface area contributed by atoms with E-state index < -0.39 is 10.0 Å². The summed E-state index contributed by atoms with van der Waals surface area (Å²) < 4.78 is 28.1. The molecule has 1 N–H and O–H groups in total. The van der Waals surface area contributed by atoms with E-state index in [1.807, 2.05) is 6.07 Å². The Balaban J connectivity index is 2.27. The lowest BCUT2D eigenvalue weighted by molar-refractivity contribution is 0.399. The molecule has 5 heteroatoms. The summed E-state index contributed by atoms with van der Waals surface area (Å²) in [5.41, 5.74) is 1.04. The third-order valence-electron chi connectivity index (χ3n) is 4.27. The summed E-state index contributed by atoms with van der Waals surface area (Å²) in [6, 6.07) is 6.77. The molecule has 114 valence electrons. The first kappa shape index (κ1) is 16.0. The highest BCUT2D eigenvalue weighted by Gasteiger charge is 2.26. The zero-order valence-corrected chi connectivity index (χ0v) is 13.4. The third kappa shape index (κ3) is 3.84. The van der Waals surface area contributed by atoms with Gasteiger partial charge in [0.05, 0.1) is 16.5 Å². The standard InChI is InChI=1S/C16H22N2O2S/c1-12-6-4-3-5-7-15(12)18-21(19,20)16-10-14(11-17)9-8-13(16)2/h8-10,12,15,18H,3-7H2,1-2H3. The normalized spacial score (nSPS) is 23.3. The van der Waals surface area contributed by atoms with Crippen LogP contribution in [0.15, 0.2) is 23.1 Å². The van der Waals surface area contributed by atoms with Gasteiger partial charge in [-0.25, -0.2) is 13.1 Å². The van der Waals surface area contributed by atoms with Crippen molar-refractivity contribution in [3.05, 3.63) is 29.3 Å². The zero-order chi connectivity index (χ0) is 15.5. The van der Waals surface area contributed by atoms with Gasteiger partial charge < -0.3 is 0 Å². The molecule has 1 aromatic rings. The predicted molar refractivity (Wildman–Crippen MR) is 82.3 cm³/mol. The fourth-order valence-corrected chi connectivity index (χ4v) is 4.54. The summed E-state index contributed by atoms with van der Waals surface area (Å²) in [4.78, 5) is 0.220. The fourth-order valence-electron chi connectivity index (χ4n) is 2.89. The number of rotatable bonds is 3. The van der Waals surface area contributed by atoms with Gasteiger partial charge in [-0.2, -0.15) is 5.26 Å². The minimum Gasteiger partial charge on any atom is -0.208 e. The Hall–Kier alpha value is -1.38. The van der Waals surface area contributed by atoms with Gasteiger partial charge in [0.2, 0.25) is 10.0 Å². The Morgan fingerprint density at radius 1 is 1.24 bits per heavy atom. The van der Waals surface area contributed by atoms with Crippen molar-refractivity contribution in [1.82, 2.24) is 4.72 Å². The molecule has 1 aromatic carbocycles.